The molecule has 0 saturated carbocycles. The number of carbonyl (C=O) groups excluding carboxylic acids is 1. The summed E-state index contributed by atoms with van der Waals surface area (Å²) in [6, 6.07) is 13.5. The minimum absolute atomic E-state index is 0.00606. The van der Waals surface area contributed by atoms with Crippen LogP contribution in [0, 0.1) is 5.82 Å². The predicted molar refractivity (Wildman–Crippen MR) is 100 cm³/mol. The van der Waals surface area contributed by atoms with Gasteiger partial charge in [0.25, 0.3) is 5.91 Å². The van der Waals surface area contributed by atoms with Crippen LogP contribution in [0.3, 0.4) is 0 Å². The van der Waals surface area contributed by atoms with Gasteiger partial charge in [0, 0.05) is 19.6 Å². The molecule has 0 fully saturated rings. The summed E-state index contributed by atoms with van der Waals surface area (Å²) in [5.74, 6) is -1.40. The molecule has 0 saturated heterocycles. The van der Waals surface area contributed by atoms with E-state index >= 15 is 0 Å². The van der Waals surface area contributed by atoms with Crippen LogP contribution in [0.1, 0.15) is 15.9 Å². The van der Waals surface area contributed by atoms with Crippen LogP contribution in [0.25, 0.3) is 0 Å². The van der Waals surface area contributed by atoms with Crippen molar-refractivity contribution < 1.29 is 17.6 Å². The Hall–Kier alpha value is -1.96. The van der Waals surface area contributed by atoms with Gasteiger partial charge in [0.1, 0.15) is 5.82 Å². The van der Waals surface area contributed by atoms with Gasteiger partial charge in [0.15, 0.2) is 0 Å². The van der Waals surface area contributed by atoms with Crippen molar-refractivity contribution in [2.24, 2.45) is 0 Å². The number of nitrogens with zero attached hydrogens (tertiary/aromatic N) is 1. The first-order valence-corrected chi connectivity index (χ1v) is 10.2. The monoisotopic (exact) mass is 398 g/mol. The zero-order chi connectivity index (χ0) is 19.2. The molecule has 0 aliphatic rings. The molecule has 0 radical (unpaired) electrons. The number of rotatable bonds is 8. The van der Waals surface area contributed by atoms with E-state index in [1.807, 2.05) is 30.3 Å². The number of amides is 1. The Balaban J connectivity index is 1.94. The first-order valence-electron chi connectivity index (χ1n) is 8.00. The molecule has 0 spiro atoms. The number of halogens is 2. The molecule has 1 amide bonds. The lowest BCUT2D eigenvalue weighted by atomic mass is 10.1. The molecule has 0 aliphatic carbocycles. The van der Waals surface area contributed by atoms with Crippen LogP contribution in [0.4, 0.5) is 4.39 Å². The molecule has 0 aliphatic heterocycles. The second-order valence-electron chi connectivity index (χ2n) is 5.75. The number of benzene rings is 2. The third-order valence-corrected chi connectivity index (χ3v) is 5.42. The van der Waals surface area contributed by atoms with E-state index in [0.29, 0.717) is 13.0 Å². The van der Waals surface area contributed by atoms with Crippen LogP contribution < -0.4 is 5.32 Å². The molecule has 5 nitrogen and oxygen atoms in total. The quantitative estimate of drug-likeness (QED) is 0.743. The van der Waals surface area contributed by atoms with Crippen LogP contribution >= 0.6 is 11.6 Å². The normalized spacial score (nSPS) is 11.5. The molecular weight excluding hydrogens is 379 g/mol. The van der Waals surface area contributed by atoms with Gasteiger partial charge in [-0.3, -0.25) is 4.79 Å². The van der Waals surface area contributed by atoms with Gasteiger partial charge in [-0.15, -0.1) is 0 Å². The lowest BCUT2D eigenvalue weighted by Gasteiger charge is -2.20. The molecule has 2 aromatic carbocycles. The average molecular weight is 399 g/mol. The molecule has 0 unspecified atom stereocenters. The fourth-order valence-electron chi connectivity index (χ4n) is 2.44. The smallest absolute Gasteiger partial charge is 0.255 e. The van der Waals surface area contributed by atoms with Crippen LogP contribution in [0.5, 0.6) is 0 Å². The molecule has 26 heavy (non-hydrogen) atoms. The minimum Gasteiger partial charge on any atom is -0.351 e. The number of carbonyl (C=O) groups is 1. The first kappa shape index (κ1) is 20.4. The molecule has 0 aromatic heterocycles. The number of hydrogen-bond donors (Lipinski definition) is 1. The summed E-state index contributed by atoms with van der Waals surface area (Å²) in [6.07, 6.45) is 1.68. The maximum absolute atomic E-state index is 13.7. The largest absolute Gasteiger partial charge is 0.351 e. The molecule has 2 rings (SSSR count). The zero-order valence-electron chi connectivity index (χ0n) is 14.3. The summed E-state index contributed by atoms with van der Waals surface area (Å²) in [7, 11) is -3.43. The minimum atomic E-state index is -3.43. The highest BCUT2D eigenvalue weighted by Gasteiger charge is 2.18. The van der Waals surface area contributed by atoms with Crippen molar-refractivity contribution in [3.63, 3.8) is 0 Å². The Morgan fingerprint density at radius 3 is 2.42 bits per heavy atom. The van der Waals surface area contributed by atoms with Crippen molar-refractivity contribution in [3.8, 4) is 0 Å². The number of hydrogen-bond acceptors (Lipinski definition) is 3. The Kier molecular flexibility index (Phi) is 7.14. The summed E-state index contributed by atoms with van der Waals surface area (Å²) >= 11 is 5.85. The molecule has 8 heteroatoms. The van der Waals surface area contributed by atoms with Gasteiger partial charge in [-0.1, -0.05) is 48.0 Å². The Bertz CT molecular complexity index is 840. The molecule has 0 bridgehead atoms. The fraction of sp³-hybridized carbons (Fsp3) is 0.278. The van der Waals surface area contributed by atoms with E-state index in [2.05, 4.69) is 5.32 Å². The lowest BCUT2D eigenvalue weighted by Crippen LogP contribution is -2.39. The van der Waals surface area contributed by atoms with Crippen molar-refractivity contribution in [1.82, 2.24) is 9.62 Å². The highest BCUT2D eigenvalue weighted by Crippen LogP contribution is 2.18. The summed E-state index contributed by atoms with van der Waals surface area (Å²) < 4.78 is 38.9. The van der Waals surface area contributed by atoms with E-state index in [0.717, 1.165) is 17.9 Å². The maximum Gasteiger partial charge on any atom is 0.255 e. The van der Waals surface area contributed by atoms with Gasteiger partial charge in [0.05, 0.1) is 16.8 Å². The topological polar surface area (TPSA) is 66.5 Å². The van der Waals surface area contributed by atoms with E-state index in [1.54, 1.807) is 0 Å². The van der Waals surface area contributed by atoms with Gasteiger partial charge in [-0.05, 0) is 24.1 Å². The van der Waals surface area contributed by atoms with E-state index in [-0.39, 0.29) is 23.7 Å². The predicted octanol–water partition coefficient (Wildman–Crippen LogP) is 2.71. The average Bonchev–Trinajstić information content (AvgIpc) is 2.57. The molecule has 1 N–H and O–H groups in total. The Labute approximate surface area is 157 Å². The van der Waals surface area contributed by atoms with Gasteiger partial charge in [-0.25, -0.2) is 17.1 Å². The Morgan fingerprint density at radius 1 is 1.12 bits per heavy atom. The van der Waals surface area contributed by atoms with Crippen molar-refractivity contribution in [1.29, 1.82) is 0 Å². The summed E-state index contributed by atoms with van der Waals surface area (Å²) in [5.41, 5.74) is 0.771. The molecule has 140 valence electrons. The first-order chi connectivity index (χ1) is 12.3. The second kappa shape index (κ2) is 9.12. The molecule has 0 heterocycles. The van der Waals surface area contributed by atoms with E-state index in [9.17, 15) is 17.6 Å². The van der Waals surface area contributed by atoms with Gasteiger partial charge in [0.2, 0.25) is 10.0 Å². The SMILES string of the molecule is CS(=O)(=O)N(CCNC(=O)c1c(F)cccc1Cl)CCc1ccccc1. The van der Waals surface area contributed by atoms with Crippen LogP contribution in [0.15, 0.2) is 48.5 Å². The van der Waals surface area contributed by atoms with E-state index in [1.165, 1.54) is 16.4 Å². The maximum atomic E-state index is 13.7. The van der Waals surface area contributed by atoms with Crippen molar-refractivity contribution >= 4 is 27.5 Å². The van der Waals surface area contributed by atoms with E-state index < -0.39 is 21.7 Å². The lowest BCUT2D eigenvalue weighted by molar-refractivity contribution is 0.0947. The fourth-order valence-corrected chi connectivity index (χ4v) is 3.53. The summed E-state index contributed by atoms with van der Waals surface area (Å²) in [6.45, 7) is 0.425. The molecule has 2 aromatic rings. The summed E-state index contributed by atoms with van der Waals surface area (Å²) in [5, 5.41) is 2.52. The standard InChI is InChI=1S/C18H20ClFN2O3S/c1-26(24,25)22(12-10-14-6-3-2-4-7-14)13-11-21-18(23)17-15(19)8-5-9-16(17)20/h2-9H,10-13H2,1H3,(H,21,23). The summed E-state index contributed by atoms with van der Waals surface area (Å²) in [4.78, 5) is 12.1. The van der Waals surface area contributed by atoms with Crippen molar-refractivity contribution in [3.05, 3.63) is 70.5 Å². The van der Waals surface area contributed by atoms with Gasteiger partial charge in [-0.2, -0.15) is 0 Å². The Morgan fingerprint density at radius 2 is 1.81 bits per heavy atom. The third kappa shape index (κ3) is 5.79. The second-order valence-corrected chi connectivity index (χ2v) is 8.14. The molecular formula is C18H20ClFN2O3S. The van der Waals surface area contributed by atoms with Crippen LogP contribution in [0.2, 0.25) is 5.02 Å². The van der Waals surface area contributed by atoms with Crippen molar-refractivity contribution in [2.45, 2.75) is 6.42 Å². The third-order valence-electron chi connectivity index (χ3n) is 3.80. The molecule has 0 atom stereocenters. The zero-order valence-corrected chi connectivity index (χ0v) is 15.9. The van der Waals surface area contributed by atoms with Crippen LogP contribution in [-0.2, 0) is 16.4 Å². The van der Waals surface area contributed by atoms with Crippen LogP contribution in [-0.4, -0.2) is 44.5 Å². The highest BCUT2D eigenvalue weighted by atomic mass is 35.5. The number of nitrogens with one attached hydrogen (secondary N) is 1. The highest BCUT2D eigenvalue weighted by molar-refractivity contribution is 7.88. The number of sulfonamides is 1. The van der Waals surface area contributed by atoms with Gasteiger partial charge >= 0.3 is 0 Å². The van der Waals surface area contributed by atoms with Gasteiger partial charge < -0.3 is 5.32 Å². The van der Waals surface area contributed by atoms with Crippen molar-refractivity contribution in [2.75, 3.05) is 25.9 Å². The van der Waals surface area contributed by atoms with E-state index in [4.69, 9.17) is 11.6 Å².